The number of carbonyl (C=O) groups excluding carboxylic acids is 1. The second kappa shape index (κ2) is 12.1. The summed E-state index contributed by atoms with van der Waals surface area (Å²) in [5, 5.41) is 8.50. The Morgan fingerprint density at radius 1 is 1.04 bits per heavy atom. The fourth-order valence-corrected chi connectivity index (χ4v) is 1.89. The van der Waals surface area contributed by atoms with Crippen molar-refractivity contribution in [3.63, 3.8) is 0 Å². The normalized spacial score (nSPS) is 10.9. The first-order valence-corrected chi connectivity index (χ1v) is 7.74. The summed E-state index contributed by atoms with van der Waals surface area (Å²) in [6.07, 6.45) is 0.348. The van der Waals surface area contributed by atoms with Crippen LogP contribution in [0.4, 0.5) is 4.39 Å². The van der Waals surface area contributed by atoms with E-state index in [0.29, 0.717) is 45.2 Å². The van der Waals surface area contributed by atoms with Gasteiger partial charge in [0.05, 0.1) is 46.2 Å². The zero-order valence-corrected chi connectivity index (χ0v) is 13.6. The Balaban J connectivity index is 2.02. The zero-order valence-electron chi connectivity index (χ0n) is 13.6. The van der Waals surface area contributed by atoms with Gasteiger partial charge in [0, 0.05) is 12.8 Å². The Bertz CT molecular complexity index is 464. The molecular weight excluding hydrogens is 303 g/mol. The molecule has 1 rings (SSSR count). The lowest BCUT2D eigenvalue weighted by molar-refractivity contribution is -0.119. The van der Waals surface area contributed by atoms with Crippen molar-refractivity contribution in [2.75, 3.05) is 46.2 Å². The van der Waals surface area contributed by atoms with Gasteiger partial charge in [-0.2, -0.15) is 0 Å². The molecule has 0 heterocycles. The molecule has 0 atom stereocenters. The van der Waals surface area contributed by atoms with Gasteiger partial charge < -0.3 is 19.3 Å². The van der Waals surface area contributed by atoms with Gasteiger partial charge in [-0.1, -0.05) is 12.1 Å². The number of carbonyl (C=O) groups is 1. The fraction of sp³-hybridized carbons (Fsp3) is 0.588. The number of ketones is 1. The largest absolute Gasteiger partial charge is 0.394 e. The molecule has 0 spiro atoms. The summed E-state index contributed by atoms with van der Waals surface area (Å²) in [6, 6.07) is 4.88. The van der Waals surface area contributed by atoms with Crippen molar-refractivity contribution in [2.45, 2.75) is 19.8 Å². The molecule has 1 N–H and O–H groups in total. The third-order valence-corrected chi connectivity index (χ3v) is 3.10. The van der Waals surface area contributed by atoms with E-state index in [2.05, 4.69) is 0 Å². The second-order valence-electron chi connectivity index (χ2n) is 5.12. The summed E-state index contributed by atoms with van der Waals surface area (Å²) in [6.45, 7) is 4.11. The van der Waals surface area contributed by atoms with Crippen LogP contribution in [-0.2, 0) is 25.4 Å². The van der Waals surface area contributed by atoms with Crippen molar-refractivity contribution >= 4 is 5.78 Å². The second-order valence-corrected chi connectivity index (χ2v) is 5.12. The van der Waals surface area contributed by atoms with Crippen LogP contribution in [0.1, 0.15) is 17.5 Å². The van der Waals surface area contributed by atoms with Crippen LogP contribution in [0.3, 0.4) is 0 Å². The van der Waals surface area contributed by atoms with E-state index in [0.717, 1.165) is 5.56 Å². The molecule has 0 radical (unpaired) electrons. The maximum atomic E-state index is 13.6. The van der Waals surface area contributed by atoms with Gasteiger partial charge in [-0.15, -0.1) is 0 Å². The highest BCUT2D eigenvalue weighted by Crippen LogP contribution is 2.11. The molecule has 0 unspecified atom stereocenters. The lowest BCUT2D eigenvalue weighted by atomic mass is 10.1. The van der Waals surface area contributed by atoms with E-state index in [4.69, 9.17) is 19.3 Å². The minimum Gasteiger partial charge on any atom is -0.394 e. The van der Waals surface area contributed by atoms with Gasteiger partial charge >= 0.3 is 0 Å². The van der Waals surface area contributed by atoms with E-state index < -0.39 is 0 Å². The number of aliphatic hydroxyl groups is 1. The number of halogens is 1. The average Bonchev–Trinajstić information content (AvgIpc) is 2.52. The standard InChI is InChI=1S/C17H25FO5/c1-14-2-3-15(17(18)12-14)13-16(20)4-6-21-8-10-23-11-9-22-7-5-19/h2-3,12,19H,4-11,13H2,1H3. The summed E-state index contributed by atoms with van der Waals surface area (Å²) in [5.41, 5.74) is 1.26. The van der Waals surface area contributed by atoms with Crippen molar-refractivity contribution in [3.8, 4) is 0 Å². The van der Waals surface area contributed by atoms with Crippen molar-refractivity contribution in [3.05, 3.63) is 35.1 Å². The van der Waals surface area contributed by atoms with Crippen molar-refractivity contribution in [1.82, 2.24) is 0 Å². The highest BCUT2D eigenvalue weighted by atomic mass is 19.1. The number of aryl methyl sites for hydroxylation is 1. The SMILES string of the molecule is Cc1ccc(CC(=O)CCOCCOCCOCCO)c(F)c1. The third-order valence-electron chi connectivity index (χ3n) is 3.10. The first kappa shape index (κ1) is 19.7. The van der Waals surface area contributed by atoms with E-state index in [9.17, 15) is 9.18 Å². The van der Waals surface area contributed by atoms with Gasteiger partial charge in [0.2, 0.25) is 0 Å². The molecule has 1 aromatic rings. The van der Waals surface area contributed by atoms with Crippen molar-refractivity contribution in [1.29, 1.82) is 0 Å². The predicted molar refractivity (Wildman–Crippen MR) is 84.0 cm³/mol. The molecule has 0 aliphatic rings. The summed E-state index contributed by atoms with van der Waals surface area (Å²) >= 11 is 0. The van der Waals surface area contributed by atoms with Gasteiger partial charge in [0.15, 0.2) is 0 Å². The molecule has 0 aliphatic carbocycles. The highest BCUT2D eigenvalue weighted by Gasteiger charge is 2.08. The van der Waals surface area contributed by atoms with Crippen LogP contribution < -0.4 is 0 Å². The van der Waals surface area contributed by atoms with Crippen molar-refractivity contribution < 1.29 is 28.5 Å². The summed E-state index contributed by atoms with van der Waals surface area (Å²) in [5.74, 6) is -0.387. The van der Waals surface area contributed by atoms with Crippen LogP contribution in [0.15, 0.2) is 18.2 Å². The maximum absolute atomic E-state index is 13.6. The molecule has 0 aromatic heterocycles. The Kier molecular flexibility index (Phi) is 10.4. The van der Waals surface area contributed by atoms with E-state index in [1.807, 2.05) is 6.92 Å². The molecule has 0 saturated heterocycles. The van der Waals surface area contributed by atoms with Crippen LogP contribution in [0.5, 0.6) is 0 Å². The van der Waals surface area contributed by atoms with Crippen LogP contribution >= 0.6 is 0 Å². The molecule has 0 amide bonds. The van der Waals surface area contributed by atoms with Gasteiger partial charge in [-0.25, -0.2) is 4.39 Å². The van der Waals surface area contributed by atoms with Crippen LogP contribution in [0, 0.1) is 12.7 Å². The van der Waals surface area contributed by atoms with Crippen LogP contribution in [-0.4, -0.2) is 57.1 Å². The Morgan fingerprint density at radius 2 is 1.65 bits per heavy atom. The van der Waals surface area contributed by atoms with E-state index in [1.165, 1.54) is 6.07 Å². The first-order chi connectivity index (χ1) is 11.1. The number of rotatable bonds is 13. The lowest BCUT2D eigenvalue weighted by Crippen LogP contribution is -2.13. The molecule has 0 bridgehead atoms. The van der Waals surface area contributed by atoms with Gasteiger partial charge in [-0.05, 0) is 24.1 Å². The molecule has 0 fully saturated rings. The molecule has 6 heteroatoms. The molecule has 0 saturated carbocycles. The van der Waals surface area contributed by atoms with Crippen LogP contribution in [0.2, 0.25) is 0 Å². The Hall–Kier alpha value is -1.34. The molecule has 23 heavy (non-hydrogen) atoms. The minimum absolute atomic E-state index is 0.00360. The number of hydrogen-bond acceptors (Lipinski definition) is 5. The molecule has 1 aromatic carbocycles. The van der Waals surface area contributed by atoms with Crippen molar-refractivity contribution in [2.24, 2.45) is 0 Å². The predicted octanol–water partition coefficient (Wildman–Crippen LogP) is 1.68. The number of hydrogen-bond donors (Lipinski definition) is 1. The summed E-state index contributed by atoms with van der Waals surface area (Å²) in [7, 11) is 0. The molecule has 5 nitrogen and oxygen atoms in total. The van der Waals surface area contributed by atoms with Crippen LogP contribution in [0.25, 0.3) is 0 Å². The fourth-order valence-electron chi connectivity index (χ4n) is 1.89. The molecular formula is C17H25FO5. The summed E-state index contributed by atoms with van der Waals surface area (Å²) < 4.78 is 29.2. The number of aliphatic hydroxyl groups excluding tert-OH is 1. The van der Waals surface area contributed by atoms with E-state index in [-0.39, 0.29) is 31.0 Å². The smallest absolute Gasteiger partial charge is 0.139 e. The van der Waals surface area contributed by atoms with E-state index in [1.54, 1.807) is 12.1 Å². The third kappa shape index (κ3) is 9.40. The number of benzene rings is 1. The number of ether oxygens (including phenoxy) is 3. The quantitative estimate of drug-likeness (QED) is 0.558. The van der Waals surface area contributed by atoms with Gasteiger partial charge in [-0.3, -0.25) is 4.79 Å². The first-order valence-electron chi connectivity index (χ1n) is 7.74. The van der Waals surface area contributed by atoms with Gasteiger partial charge in [0.1, 0.15) is 11.6 Å². The lowest BCUT2D eigenvalue weighted by Gasteiger charge is -2.07. The summed E-state index contributed by atoms with van der Waals surface area (Å²) in [4.78, 5) is 11.8. The average molecular weight is 328 g/mol. The maximum Gasteiger partial charge on any atom is 0.139 e. The topological polar surface area (TPSA) is 65.0 Å². The highest BCUT2D eigenvalue weighted by molar-refractivity contribution is 5.81. The van der Waals surface area contributed by atoms with E-state index >= 15 is 0 Å². The zero-order chi connectivity index (χ0) is 16.9. The molecule has 130 valence electrons. The monoisotopic (exact) mass is 328 g/mol. The number of Topliss-reactive ketones (excluding diaryl/α,β-unsaturated/α-hetero) is 1. The minimum atomic E-state index is -0.337. The molecule has 0 aliphatic heterocycles. The Labute approximate surface area is 136 Å². The van der Waals surface area contributed by atoms with Gasteiger partial charge in [0.25, 0.3) is 0 Å². The Morgan fingerprint density at radius 3 is 2.26 bits per heavy atom.